The molecule has 3 heterocycles. The van der Waals surface area contributed by atoms with Crippen LogP contribution in [-0.4, -0.2) is 52.8 Å². The number of carbonyl (C=O) groups excluding carboxylic acids is 2. The van der Waals surface area contributed by atoms with E-state index in [-0.39, 0.29) is 11.3 Å². The van der Waals surface area contributed by atoms with Crippen LogP contribution in [0.25, 0.3) is 0 Å². The van der Waals surface area contributed by atoms with Crippen molar-refractivity contribution in [2.75, 3.05) is 26.2 Å². The summed E-state index contributed by atoms with van der Waals surface area (Å²) in [7, 11) is 0. The number of thiazole rings is 1. The number of aromatic nitrogens is 1. The molecule has 2 amide bonds. The molecule has 3 aliphatic rings. The van der Waals surface area contributed by atoms with Gasteiger partial charge >= 0.3 is 0 Å². The van der Waals surface area contributed by atoms with Crippen molar-refractivity contribution in [2.24, 2.45) is 5.41 Å². The molecule has 1 spiro atoms. The van der Waals surface area contributed by atoms with E-state index in [1.807, 2.05) is 10.3 Å². The number of allylic oxidation sites excluding steroid dienone is 1. The number of amides is 2. The predicted molar refractivity (Wildman–Crippen MR) is 107 cm³/mol. The number of likely N-dealkylation sites (tertiary alicyclic amines) is 2. The maximum absolute atomic E-state index is 12.7. The summed E-state index contributed by atoms with van der Waals surface area (Å²) in [6, 6.07) is 0. The van der Waals surface area contributed by atoms with Gasteiger partial charge in [-0.3, -0.25) is 9.59 Å². The molecule has 1 aromatic rings. The number of rotatable bonds is 3. The Balaban J connectivity index is 1.32. The van der Waals surface area contributed by atoms with Gasteiger partial charge in [0.15, 0.2) is 0 Å². The van der Waals surface area contributed by atoms with E-state index in [2.05, 4.69) is 16.0 Å². The van der Waals surface area contributed by atoms with Crippen LogP contribution in [0.4, 0.5) is 0 Å². The van der Waals surface area contributed by atoms with Crippen LogP contribution < -0.4 is 0 Å². The summed E-state index contributed by atoms with van der Waals surface area (Å²) >= 11 is 1.47. The summed E-state index contributed by atoms with van der Waals surface area (Å²) < 4.78 is 0. The Morgan fingerprint density at radius 1 is 1.07 bits per heavy atom. The molecule has 0 saturated carbocycles. The summed E-state index contributed by atoms with van der Waals surface area (Å²) in [6.45, 7) is 3.32. The molecule has 146 valence electrons. The zero-order chi connectivity index (χ0) is 18.7. The van der Waals surface area contributed by atoms with Gasteiger partial charge in [-0.05, 0) is 56.8 Å². The number of hydrogen-bond donors (Lipinski definition) is 0. The van der Waals surface area contributed by atoms with Crippen LogP contribution in [0, 0.1) is 5.41 Å². The van der Waals surface area contributed by atoms with Crippen molar-refractivity contribution >= 4 is 23.2 Å². The molecule has 27 heavy (non-hydrogen) atoms. The molecule has 4 rings (SSSR count). The molecular formula is C21H29N3O2S. The normalized spacial score (nSPS) is 22.6. The monoisotopic (exact) mass is 387 g/mol. The Bertz CT molecular complexity index is 705. The first kappa shape index (κ1) is 18.7. The third kappa shape index (κ3) is 4.26. The molecule has 2 saturated heterocycles. The highest BCUT2D eigenvalue weighted by Crippen LogP contribution is 2.40. The molecule has 0 unspecified atom stereocenters. The SMILES string of the molecule is O=C(CC1=CCCCC1)N1CCC2(CCCN(C(=O)c3cscn3)C2)CC1. The van der Waals surface area contributed by atoms with E-state index in [1.165, 1.54) is 36.2 Å². The lowest BCUT2D eigenvalue weighted by Gasteiger charge is -2.47. The fraction of sp³-hybridized carbons (Fsp3) is 0.667. The molecule has 2 aliphatic heterocycles. The smallest absolute Gasteiger partial charge is 0.273 e. The molecule has 5 nitrogen and oxygen atoms in total. The zero-order valence-corrected chi connectivity index (χ0v) is 16.8. The van der Waals surface area contributed by atoms with Crippen molar-refractivity contribution in [3.05, 3.63) is 28.2 Å². The third-order valence-corrected chi connectivity index (χ3v) is 7.13. The third-order valence-electron chi connectivity index (χ3n) is 6.54. The van der Waals surface area contributed by atoms with Gasteiger partial charge in [0.1, 0.15) is 5.69 Å². The topological polar surface area (TPSA) is 53.5 Å². The summed E-state index contributed by atoms with van der Waals surface area (Å²) in [5.41, 5.74) is 3.82. The Labute approximate surface area is 165 Å². The standard InChI is InChI=1S/C21H29N3O2S/c25-19(13-17-5-2-1-3-6-17)23-11-8-21(9-12-23)7-4-10-24(15-21)20(26)18-14-27-16-22-18/h5,14,16H,1-4,6-13,15H2. The Hall–Kier alpha value is -1.69. The van der Waals surface area contributed by atoms with Crippen LogP contribution in [0.2, 0.25) is 0 Å². The van der Waals surface area contributed by atoms with Crippen LogP contribution in [0.15, 0.2) is 22.5 Å². The first-order valence-electron chi connectivity index (χ1n) is 10.3. The highest BCUT2D eigenvalue weighted by Gasteiger charge is 2.40. The van der Waals surface area contributed by atoms with Crippen LogP contribution in [-0.2, 0) is 4.79 Å². The fourth-order valence-electron chi connectivity index (χ4n) is 4.87. The molecule has 0 N–H and O–H groups in total. The van der Waals surface area contributed by atoms with Crippen molar-refractivity contribution in [1.82, 2.24) is 14.8 Å². The zero-order valence-electron chi connectivity index (χ0n) is 16.0. The maximum Gasteiger partial charge on any atom is 0.273 e. The van der Waals surface area contributed by atoms with Crippen molar-refractivity contribution in [2.45, 2.75) is 57.8 Å². The van der Waals surface area contributed by atoms with E-state index >= 15 is 0 Å². The molecule has 0 radical (unpaired) electrons. The van der Waals surface area contributed by atoms with Gasteiger partial charge in [0.2, 0.25) is 5.91 Å². The van der Waals surface area contributed by atoms with Gasteiger partial charge in [0.25, 0.3) is 5.91 Å². The van der Waals surface area contributed by atoms with Gasteiger partial charge in [-0.25, -0.2) is 4.98 Å². The first-order chi connectivity index (χ1) is 13.2. The second-order valence-electron chi connectivity index (χ2n) is 8.37. The van der Waals surface area contributed by atoms with Gasteiger partial charge in [-0.15, -0.1) is 11.3 Å². The Morgan fingerprint density at radius 2 is 1.93 bits per heavy atom. The van der Waals surface area contributed by atoms with Crippen LogP contribution in [0.5, 0.6) is 0 Å². The molecule has 2 fully saturated rings. The average molecular weight is 388 g/mol. The number of nitrogens with zero attached hydrogens (tertiary/aromatic N) is 3. The van der Waals surface area contributed by atoms with E-state index in [1.54, 1.807) is 5.51 Å². The minimum atomic E-state index is 0.0677. The second-order valence-corrected chi connectivity index (χ2v) is 9.09. The number of piperidine rings is 2. The minimum Gasteiger partial charge on any atom is -0.342 e. The van der Waals surface area contributed by atoms with Gasteiger partial charge in [0, 0.05) is 38.0 Å². The lowest BCUT2D eigenvalue weighted by molar-refractivity contribution is -0.133. The highest BCUT2D eigenvalue weighted by atomic mass is 32.1. The second kappa shape index (κ2) is 8.13. The molecule has 1 aliphatic carbocycles. The van der Waals surface area contributed by atoms with Crippen molar-refractivity contribution in [3.8, 4) is 0 Å². The first-order valence-corrected chi connectivity index (χ1v) is 11.2. The largest absolute Gasteiger partial charge is 0.342 e. The quantitative estimate of drug-likeness (QED) is 0.740. The van der Waals surface area contributed by atoms with Gasteiger partial charge in [0.05, 0.1) is 5.51 Å². The number of carbonyl (C=O) groups is 2. The van der Waals surface area contributed by atoms with E-state index in [4.69, 9.17) is 0 Å². The fourth-order valence-corrected chi connectivity index (χ4v) is 5.40. The summed E-state index contributed by atoms with van der Waals surface area (Å²) in [4.78, 5) is 33.6. The molecule has 0 aromatic carbocycles. The molecule has 0 atom stereocenters. The highest BCUT2D eigenvalue weighted by molar-refractivity contribution is 7.07. The summed E-state index contributed by atoms with van der Waals surface area (Å²) in [5.74, 6) is 0.363. The van der Waals surface area contributed by atoms with Crippen LogP contribution in [0.1, 0.15) is 68.3 Å². The molecular weight excluding hydrogens is 358 g/mol. The number of hydrogen-bond acceptors (Lipinski definition) is 4. The van der Waals surface area contributed by atoms with Crippen LogP contribution in [0.3, 0.4) is 0 Å². The summed E-state index contributed by atoms with van der Waals surface area (Å²) in [5, 5.41) is 1.84. The molecule has 6 heteroatoms. The maximum atomic E-state index is 12.7. The Kier molecular flexibility index (Phi) is 5.62. The molecule has 0 bridgehead atoms. The van der Waals surface area contributed by atoms with E-state index in [0.717, 1.165) is 58.3 Å². The van der Waals surface area contributed by atoms with Crippen LogP contribution >= 0.6 is 11.3 Å². The lowest BCUT2D eigenvalue weighted by atomic mass is 9.72. The van der Waals surface area contributed by atoms with E-state index < -0.39 is 0 Å². The van der Waals surface area contributed by atoms with Crippen molar-refractivity contribution in [3.63, 3.8) is 0 Å². The average Bonchev–Trinajstić information content (AvgIpc) is 3.23. The lowest BCUT2D eigenvalue weighted by Crippen LogP contribution is -2.52. The summed E-state index contributed by atoms with van der Waals surface area (Å²) in [6.07, 6.45) is 11.9. The minimum absolute atomic E-state index is 0.0677. The van der Waals surface area contributed by atoms with E-state index in [0.29, 0.717) is 18.0 Å². The predicted octanol–water partition coefficient (Wildman–Crippen LogP) is 3.88. The van der Waals surface area contributed by atoms with E-state index in [9.17, 15) is 9.59 Å². The Morgan fingerprint density at radius 3 is 2.63 bits per heavy atom. The van der Waals surface area contributed by atoms with Crippen molar-refractivity contribution < 1.29 is 9.59 Å². The molecule has 1 aromatic heterocycles. The van der Waals surface area contributed by atoms with Gasteiger partial charge in [-0.1, -0.05) is 11.6 Å². The van der Waals surface area contributed by atoms with Gasteiger partial charge in [-0.2, -0.15) is 0 Å². The van der Waals surface area contributed by atoms with Gasteiger partial charge < -0.3 is 9.80 Å². The van der Waals surface area contributed by atoms with Crippen molar-refractivity contribution in [1.29, 1.82) is 0 Å².